The summed E-state index contributed by atoms with van der Waals surface area (Å²) in [4.78, 5) is 18.4. The van der Waals surface area contributed by atoms with Crippen LogP contribution in [0.3, 0.4) is 0 Å². The van der Waals surface area contributed by atoms with Crippen LogP contribution in [0.1, 0.15) is 35.1 Å². The topological polar surface area (TPSA) is 59.7 Å². The van der Waals surface area contributed by atoms with Gasteiger partial charge in [-0.25, -0.2) is 9.50 Å². The number of alkyl halides is 3. The van der Waals surface area contributed by atoms with E-state index in [9.17, 15) is 18.0 Å². The van der Waals surface area contributed by atoms with E-state index in [0.717, 1.165) is 12.3 Å². The van der Waals surface area contributed by atoms with Gasteiger partial charge in [0.25, 0.3) is 5.91 Å². The summed E-state index contributed by atoms with van der Waals surface area (Å²) < 4.78 is 45.7. The Morgan fingerprint density at radius 2 is 2.17 bits per heavy atom. The number of aromatic nitrogens is 3. The number of amides is 1. The van der Waals surface area contributed by atoms with E-state index in [1.54, 1.807) is 4.90 Å². The second-order valence-electron chi connectivity index (χ2n) is 5.86. The largest absolute Gasteiger partial charge is 0.433 e. The van der Waals surface area contributed by atoms with E-state index in [1.165, 1.54) is 6.92 Å². The summed E-state index contributed by atoms with van der Waals surface area (Å²) in [5.74, 6) is -0.381. The fraction of sp³-hybridized carbons (Fsp3) is 0.533. The Bertz CT molecular complexity index is 772. The van der Waals surface area contributed by atoms with Gasteiger partial charge in [0, 0.05) is 25.4 Å². The molecule has 1 fully saturated rings. The molecule has 0 spiro atoms. The van der Waals surface area contributed by atoms with Gasteiger partial charge >= 0.3 is 6.18 Å². The number of nitrogens with zero attached hydrogens (tertiary/aromatic N) is 4. The van der Waals surface area contributed by atoms with Crippen LogP contribution < -0.4 is 0 Å². The minimum absolute atomic E-state index is 0.0679. The van der Waals surface area contributed by atoms with Gasteiger partial charge in [-0.05, 0) is 26.3 Å². The molecule has 0 saturated carbocycles. The Kier molecular flexibility index (Phi) is 4.20. The number of hydrogen-bond donors (Lipinski definition) is 0. The van der Waals surface area contributed by atoms with E-state index in [4.69, 9.17) is 4.74 Å². The molecule has 3 heterocycles. The summed E-state index contributed by atoms with van der Waals surface area (Å²) >= 11 is 0. The van der Waals surface area contributed by atoms with Crippen molar-refractivity contribution in [3.05, 3.63) is 29.2 Å². The first-order chi connectivity index (χ1) is 11.3. The second kappa shape index (κ2) is 6.04. The number of carbonyl (C=O) groups is 1. The fourth-order valence-electron chi connectivity index (χ4n) is 2.79. The lowest BCUT2D eigenvalue weighted by Crippen LogP contribution is -2.36. The molecule has 24 heavy (non-hydrogen) atoms. The van der Waals surface area contributed by atoms with Crippen molar-refractivity contribution in [3.63, 3.8) is 0 Å². The van der Waals surface area contributed by atoms with E-state index in [2.05, 4.69) is 10.1 Å². The number of halogens is 3. The summed E-state index contributed by atoms with van der Waals surface area (Å²) in [6.45, 7) is 4.73. The van der Waals surface area contributed by atoms with Crippen LogP contribution in [-0.4, -0.2) is 51.2 Å². The van der Waals surface area contributed by atoms with Crippen molar-refractivity contribution < 1.29 is 22.7 Å². The highest BCUT2D eigenvalue weighted by atomic mass is 19.4. The predicted molar refractivity (Wildman–Crippen MR) is 78.7 cm³/mol. The molecule has 0 N–H and O–H groups in total. The molecule has 1 aliphatic heterocycles. The Balaban J connectivity index is 2.04. The van der Waals surface area contributed by atoms with E-state index in [-0.39, 0.29) is 28.9 Å². The van der Waals surface area contributed by atoms with Gasteiger partial charge < -0.3 is 9.64 Å². The average molecular weight is 342 g/mol. The van der Waals surface area contributed by atoms with Crippen LogP contribution in [0.4, 0.5) is 13.2 Å². The molecule has 1 amide bonds. The number of rotatable bonds is 1. The minimum atomic E-state index is -4.58. The molecule has 1 aliphatic rings. The molecule has 0 radical (unpaired) electrons. The molecule has 0 bridgehead atoms. The molecule has 130 valence electrons. The van der Waals surface area contributed by atoms with E-state index < -0.39 is 11.9 Å². The molecule has 1 atom stereocenters. The van der Waals surface area contributed by atoms with Gasteiger partial charge in [0.15, 0.2) is 5.65 Å². The number of hydrogen-bond acceptors (Lipinski definition) is 4. The normalized spacial score (nSPS) is 19.5. The zero-order chi connectivity index (χ0) is 17.5. The molecule has 0 aromatic carbocycles. The highest BCUT2D eigenvalue weighted by Crippen LogP contribution is 2.30. The molecule has 3 rings (SSSR count). The first-order valence-electron chi connectivity index (χ1n) is 7.61. The van der Waals surface area contributed by atoms with Gasteiger partial charge in [-0.15, -0.1) is 0 Å². The lowest BCUT2D eigenvalue weighted by Gasteiger charge is -2.21. The van der Waals surface area contributed by atoms with Gasteiger partial charge in [-0.2, -0.15) is 18.3 Å². The number of carbonyl (C=O) groups excluding carboxylic acids is 1. The highest BCUT2D eigenvalue weighted by Gasteiger charge is 2.36. The summed E-state index contributed by atoms with van der Waals surface area (Å²) in [5, 5.41) is 3.74. The number of fused-ring (bicyclic) bond motifs is 1. The number of ether oxygens (including phenoxy) is 1. The van der Waals surface area contributed by atoms with Gasteiger partial charge in [-0.3, -0.25) is 4.79 Å². The first-order valence-corrected chi connectivity index (χ1v) is 7.61. The standard InChI is InChI=1S/C15H17F3N4O2/c1-9-6-12(15(16,17)18)22-13(20-9)11(7-19-22)14(23)21-4-3-5-24-10(2)8-21/h6-7,10H,3-5,8H2,1-2H3. The Morgan fingerprint density at radius 3 is 2.88 bits per heavy atom. The van der Waals surface area contributed by atoms with Crippen molar-refractivity contribution in [2.45, 2.75) is 32.5 Å². The van der Waals surface area contributed by atoms with Crippen molar-refractivity contribution in [1.29, 1.82) is 0 Å². The quantitative estimate of drug-likeness (QED) is 0.798. The van der Waals surface area contributed by atoms with Crippen LogP contribution in [0.25, 0.3) is 5.65 Å². The third-order valence-corrected chi connectivity index (χ3v) is 3.86. The molecule has 0 aliphatic carbocycles. The molecule has 1 unspecified atom stereocenters. The van der Waals surface area contributed by atoms with Crippen molar-refractivity contribution in [2.24, 2.45) is 0 Å². The van der Waals surface area contributed by atoms with Crippen molar-refractivity contribution >= 4 is 11.6 Å². The smallest absolute Gasteiger partial charge is 0.377 e. The third kappa shape index (κ3) is 3.08. The van der Waals surface area contributed by atoms with Crippen molar-refractivity contribution in [3.8, 4) is 0 Å². The van der Waals surface area contributed by atoms with E-state index in [1.807, 2.05) is 6.92 Å². The Hall–Kier alpha value is -2.16. The molecule has 2 aromatic heterocycles. The van der Waals surface area contributed by atoms with Crippen LogP contribution in [0.2, 0.25) is 0 Å². The summed E-state index contributed by atoms with van der Waals surface area (Å²) in [6.07, 6.45) is -2.88. The SMILES string of the molecule is Cc1cc(C(F)(F)F)n2ncc(C(=O)N3CCCOC(C)C3)c2n1. The van der Waals surface area contributed by atoms with Crippen LogP contribution in [0.5, 0.6) is 0 Å². The molecule has 1 saturated heterocycles. The highest BCUT2D eigenvalue weighted by molar-refractivity contribution is 5.99. The molecule has 9 heteroatoms. The van der Waals surface area contributed by atoms with Crippen molar-refractivity contribution in [1.82, 2.24) is 19.5 Å². The van der Waals surface area contributed by atoms with E-state index >= 15 is 0 Å². The van der Waals surface area contributed by atoms with Crippen LogP contribution in [0, 0.1) is 6.92 Å². The lowest BCUT2D eigenvalue weighted by atomic mass is 10.2. The molecule has 6 nitrogen and oxygen atoms in total. The average Bonchev–Trinajstić information content (AvgIpc) is 2.78. The van der Waals surface area contributed by atoms with Crippen LogP contribution in [-0.2, 0) is 10.9 Å². The second-order valence-corrected chi connectivity index (χ2v) is 5.86. The maximum absolute atomic E-state index is 13.2. The van der Waals surface area contributed by atoms with Gasteiger partial charge in [0.2, 0.25) is 0 Å². The van der Waals surface area contributed by atoms with E-state index in [0.29, 0.717) is 30.6 Å². The number of aryl methyl sites for hydroxylation is 1. The Morgan fingerprint density at radius 1 is 1.42 bits per heavy atom. The minimum Gasteiger partial charge on any atom is -0.377 e. The van der Waals surface area contributed by atoms with Crippen LogP contribution in [0.15, 0.2) is 12.3 Å². The maximum Gasteiger partial charge on any atom is 0.433 e. The van der Waals surface area contributed by atoms with Crippen molar-refractivity contribution in [2.75, 3.05) is 19.7 Å². The maximum atomic E-state index is 13.2. The summed E-state index contributed by atoms with van der Waals surface area (Å²) in [7, 11) is 0. The molecule has 2 aromatic rings. The van der Waals surface area contributed by atoms with Crippen LogP contribution >= 0.6 is 0 Å². The van der Waals surface area contributed by atoms with Gasteiger partial charge in [0.1, 0.15) is 11.3 Å². The zero-order valence-electron chi connectivity index (χ0n) is 13.3. The first kappa shape index (κ1) is 16.7. The summed E-state index contributed by atoms with van der Waals surface area (Å²) in [5.41, 5.74) is -0.781. The lowest BCUT2D eigenvalue weighted by molar-refractivity contribution is -0.142. The molecular weight excluding hydrogens is 325 g/mol. The molecular formula is C15H17F3N4O2. The fourth-order valence-corrected chi connectivity index (χ4v) is 2.79. The monoisotopic (exact) mass is 342 g/mol. The Labute approximate surface area is 136 Å². The predicted octanol–water partition coefficient (Wildman–Crippen LogP) is 2.31. The zero-order valence-corrected chi connectivity index (χ0v) is 13.3. The summed E-state index contributed by atoms with van der Waals surface area (Å²) in [6, 6.07) is 0.913. The van der Waals surface area contributed by atoms with Gasteiger partial charge in [0.05, 0.1) is 12.3 Å². The third-order valence-electron chi connectivity index (χ3n) is 3.86. The van der Waals surface area contributed by atoms with Gasteiger partial charge in [-0.1, -0.05) is 0 Å².